The molecule has 0 aromatic rings. The molecule has 7 heteroatoms. The van der Waals surface area contributed by atoms with Crippen molar-refractivity contribution in [3.05, 3.63) is 0 Å². The summed E-state index contributed by atoms with van der Waals surface area (Å²) in [6.07, 6.45) is -1.12. The highest BCUT2D eigenvalue weighted by Crippen LogP contribution is 1.98. The largest absolute Gasteiger partial charge is 0.508 e. The van der Waals surface area contributed by atoms with Crippen molar-refractivity contribution in [2.45, 2.75) is 0 Å². The zero-order valence-corrected chi connectivity index (χ0v) is 8.08. The Morgan fingerprint density at radius 1 is 0.875 bits per heavy atom. The Kier molecular flexibility index (Phi) is 6.30. The van der Waals surface area contributed by atoms with Crippen LogP contribution in [0, 0.1) is 57.2 Å². The monoisotopic (exact) mass is 218 g/mol. The summed E-state index contributed by atoms with van der Waals surface area (Å²) < 4.78 is 8.80. The second-order valence-corrected chi connectivity index (χ2v) is 2.49. The van der Waals surface area contributed by atoms with E-state index in [0.717, 1.165) is 0 Å². The molecule has 0 heterocycles. The van der Waals surface area contributed by atoms with E-state index in [0.29, 0.717) is 0 Å². The van der Waals surface area contributed by atoms with Crippen molar-refractivity contribution in [1.29, 1.82) is 21.0 Å². The molecule has 0 aliphatic heterocycles. The molecule has 0 fully saturated rings. The lowest BCUT2D eigenvalue weighted by atomic mass is 10.2. The normalized spacial score (nSPS) is 8.38. The topological polar surface area (TPSA) is 131 Å². The van der Waals surface area contributed by atoms with Gasteiger partial charge < -0.3 is 9.47 Å². The standard InChI is InChI=1S/C9H6N4O3/c10-1-7(2-11)5-15-9(14)16-6-8(3-12)4-13/h7-8H,5-6H2. The van der Waals surface area contributed by atoms with Gasteiger partial charge in [-0.3, -0.25) is 0 Å². The van der Waals surface area contributed by atoms with E-state index in [1.54, 1.807) is 24.3 Å². The lowest BCUT2D eigenvalue weighted by molar-refractivity contribution is 0.0500. The van der Waals surface area contributed by atoms with Gasteiger partial charge in [-0.15, -0.1) is 0 Å². The molecule has 80 valence electrons. The maximum absolute atomic E-state index is 10.8. The minimum atomic E-state index is -1.12. The van der Waals surface area contributed by atoms with Crippen molar-refractivity contribution in [2.24, 2.45) is 11.8 Å². The molecule has 0 atom stereocenters. The van der Waals surface area contributed by atoms with E-state index < -0.39 is 31.2 Å². The number of nitriles is 4. The molecule has 0 unspecified atom stereocenters. The van der Waals surface area contributed by atoms with Crippen molar-refractivity contribution in [2.75, 3.05) is 13.2 Å². The number of rotatable bonds is 4. The van der Waals surface area contributed by atoms with Crippen molar-refractivity contribution in [3.8, 4) is 24.3 Å². The van der Waals surface area contributed by atoms with Gasteiger partial charge in [0.1, 0.15) is 13.2 Å². The molecule has 0 aliphatic rings. The summed E-state index contributed by atoms with van der Waals surface area (Å²) in [5.74, 6) is -2.12. The SMILES string of the molecule is N#CC(C#N)COC(=O)OCC(C#N)C#N. The predicted molar refractivity (Wildman–Crippen MR) is 46.7 cm³/mol. The smallest absolute Gasteiger partial charge is 0.432 e. The fourth-order valence-electron chi connectivity index (χ4n) is 0.551. The third kappa shape index (κ3) is 5.07. The second kappa shape index (κ2) is 7.62. The number of ether oxygens (including phenoxy) is 2. The van der Waals surface area contributed by atoms with Gasteiger partial charge in [0.2, 0.25) is 0 Å². The summed E-state index contributed by atoms with van der Waals surface area (Å²) in [5.41, 5.74) is 0. The van der Waals surface area contributed by atoms with Crippen LogP contribution in [0.15, 0.2) is 0 Å². The van der Waals surface area contributed by atoms with E-state index >= 15 is 0 Å². The van der Waals surface area contributed by atoms with Gasteiger partial charge >= 0.3 is 6.16 Å². The van der Waals surface area contributed by atoms with E-state index in [-0.39, 0.29) is 0 Å². The molecule has 0 radical (unpaired) electrons. The lowest BCUT2D eigenvalue weighted by Crippen LogP contribution is -2.16. The third-order valence-corrected chi connectivity index (χ3v) is 1.36. The number of hydrogen-bond acceptors (Lipinski definition) is 7. The summed E-state index contributed by atoms with van der Waals surface area (Å²) >= 11 is 0. The summed E-state index contributed by atoms with van der Waals surface area (Å²) in [6.45, 7) is -0.814. The maximum atomic E-state index is 10.8. The Balaban J connectivity index is 3.87. The van der Waals surface area contributed by atoms with Gasteiger partial charge in [-0.1, -0.05) is 0 Å². The van der Waals surface area contributed by atoms with E-state index in [1.165, 1.54) is 0 Å². The van der Waals surface area contributed by atoms with Gasteiger partial charge in [-0.25, -0.2) is 4.79 Å². The van der Waals surface area contributed by atoms with E-state index in [4.69, 9.17) is 21.0 Å². The molecular formula is C9H6N4O3. The van der Waals surface area contributed by atoms with Gasteiger partial charge in [0.05, 0.1) is 24.3 Å². The molecule has 0 aromatic heterocycles. The van der Waals surface area contributed by atoms with Crippen LogP contribution in [0.25, 0.3) is 0 Å². The first-order valence-corrected chi connectivity index (χ1v) is 4.06. The molecular weight excluding hydrogens is 212 g/mol. The Morgan fingerprint density at radius 2 is 1.19 bits per heavy atom. The molecule has 0 spiro atoms. The minimum absolute atomic E-state index is 0.407. The quantitative estimate of drug-likeness (QED) is 0.626. The van der Waals surface area contributed by atoms with Gasteiger partial charge in [-0.05, 0) is 0 Å². The van der Waals surface area contributed by atoms with Crippen molar-refractivity contribution in [1.82, 2.24) is 0 Å². The van der Waals surface area contributed by atoms with Crippen molar-refractivity contribution < 1.29 is 14.3 Å². The predicted octanol–water partition coefficient (Wildman–Crippen LogP) is 0.466. The molecule has 0 bridgehead atoms. The Morgan fingerprint density at radius 3 is 1.44 bits per heavy atom. The average molecular weight is 218 g/mol. The van der Waals surface area contributed by atoms with Crippen LogP contribution in [-0.2, 0) is 9.47 Å². The first-order valence-electron chi connectivity index (χ1n) is 4.06. The molecule has 0 N–H and O–H groups in total. The van der Waals surface area contributed by atoms with Crippen LogP contribution in [0.1, 0.15) is 0 Å². The van der Waals surface area contributed by atoms with E-state index in [2.05, 4.69) is 9.47 Å². The number of carbonyl (C=O) groups excluding carboxylic acids is 1. The highest BCUT2D eigenvalue weighted by Gasteiger charge is 2.13. The van der Waals surface area contributed by atoms with Gasteiger partial charge in [-0.2, -0.15) is 21.0 Å². The highest BCUT2D eigenvalue weighted by molar-refractivity contribution is 5.60. The van der Waals surface area contributed by atoms with Crippen molar-refractivity contribution >= 4 is 6.16 Å². The fraction of sp³-hybridized carbons (Fsp3) is 0.444. The van der Waals surface area contributed by atoms with Crippen molar-refractivity contribution in [3.63, 3.8) is 0 Å². The molecule has 0 saturated carbocycles. The molecule has 0 rings (SSSR count). The van der Waals surface area contributed by atoms with Crippen LogP contribution < -0.4 is 0 Å². The van der Waals surface area contributed by atoms with Gasteiger partial charge in [0, 0.05) is 0 Å². The second-order valence-electron chi connectivity index (χ2n) is 2.49. The summed E-state index contributed by atoms with van der Waals surface area (Å²) in [5, 5.41) is 33.4. The van der Waals surface area contributed by atoms with E-state index in [9.17, 15) is 4.79 Å². The Labute approximate surface area is 91.6 Å². The first kappa shape index (κ1) is 13.2. The lowest BCUT2D eigenvalue weighted by Gasteiger charge is -2.05. The van der Waals surface area contributed by atoms with Crippen LogP contribution in [0.4, 0.5) is 4.79 Å². The summed E-state index contributed by atoms with van der Waals surface area (Å²) in [7, 11) is 0. The summed E-state index contributed by atoms with van der Waals surface area (Å²) in [4.78, 5) is 10.8. The number of nitrogens with zero attached hydrogens (tertiary/aromatic N) is 4. The van der Waals surface area contributed by atoms with Crippen LogP contribution in [0.2, 0.25) is 0 Å². The highest BCUT2D eigenvalue weighted by atomic mass is 16.7. The third-order valence-electron chi connectivity index (χ3n) is 1.36. The van der Waals surface area contributed by atoms with Gasteiger partial charge in [0.25, 0.3) is 0 Å². The maximum Gasteiger partial charge on any atom is 0.508 e. The van der Waals surface area contributed by atoms with Crippen LogP contribution in [0.5, 0.6) is 0 Å². The fourth-order valence-corrected chi connectivity index (χ4v) is 0.551. The molecule has 0 amide bonds. The molecule has 0 aromatic carbocycles. The molecule has 16 heavy (non-hydrogen) atoms. The zero-order chi connectivity index (χ0) is 12.4. The molecule has 0 aliphatic carbocycles. The van der Waals surface area contributed by atoms with Crippen LogP contribution >= 0.6 is 0 Å². The molecule has 7 nitrogen and oxygen atoms in total. The number of hydrogen-bond donors (Lipinski definition) is 0. The summed E-state index contributed by atoms with van der Waals surface area (Å²) in [6, 6.07) is 6.38. The van der Waals surface area contributed by atoms with Gasteiger partial charge in [0.15, 0.2) is 11.8 Å². The zero-order valence-electron chi connectivity index (χ0n) is 8.08. The number of carbonyl (C=O) groups is 1. The van der Waals surface area contributed by atoms with Crippen LogP contribution in [0.3, 0.4) is 0 Å². The average Bonchev–Trinajstić information content (AvgIpc) is 2.31. The first-order chi connectivity index (χ1) is 7.67. The Hall–Kier alpha value is -2.77. The minimum Gasteiger partial charge on any atom is -0.432 e. The van der Waals surface area contributed by atoms with Crippen LogP contribution in [-0.4, -0.2) is 19.4 Å². The molecule has 0 saturated heterocycles. The van der Waals surface area contributed by atoms with E-state index in [1.807, 2.05) is 0 Å². The Bertz CT molecular complexity index is 340.